The molecule has 0 aromatic heterocycles. The number of Topliss-reactive ketones (excluding diaryl/α,β-unsaturated/α-hetero) is 1. The molecule has 0 aliphatic heterocycles. The summed E-state index contributed by atoms with van der Waals surface area (Å²) < 4.78 is 5.72. The van der Waals surface area contributed by atoms with Crippen molar-refractivity contribution >= 4 is 11.8 Å². The Hall–Kier alpha value is -1.64. The predicted octanol–water partition coefficient (Wildman–Crippen LogP) is 5.08. The maximum absolute atomic E-state index is 12.6. The van der Waals surface area contributed by atoms with E-state index < -0.39 is 0 Å². The molecule has 2 aliphatic carbocycles. The Morgan fingerprint density at radius 3 is 2.52 bits per heavy atom. The monoisotopic (exact) mass is 342 g/mol. The van der Waals surface area contributed by atoms with Crippen LogP contribution >= 0.6 is 0 Å². The molecular weight excluding hydrogens is 312 g/mol. The van der Waals surface area contributed by atoms with Gasteiger partial charge in [-0.05, 0) is 46.8 Å². The second-order valence-electron chi connectivity index (χ2n) is 8.95. The summed E-state index contributed by atoms with van der Waals surface area (Å²) in [6.45, 7) is 12.3. The van der Waals surface area contributed by atoms with Gasteiger partial charge < -0.3 is 4.74 Å². The summed E-state index contributed by atoms with van der Waals surface area (Å²) in [5.41, 5.74) is 3.24. The van der Waals surface area contributed by atoms with Gasteiger partial charge in [-0.3, -0.25) is 9.59 Å². The van der Waals surface area contributed by atoms with Gasteiger partial charge >= 0.3 is 5.97 Å². The maximum Gasteiger partial charge on any atom is 0.303 e. The van der Waals surface area contributed by atoms with E-state index in [0.717, 1.165) is 18.4 Å². The second-order valence-corrected chi connectivity index (χ2v) is 8.95. The number of benzene rings is 1. The van der Waals surface area contributed by atoms with E-state index in [9.17, 15) is 9.59 Å². The zero-order chi connectivity index (χ0) is 18.6. The molecule has 1 aromatic rings. The van der Waals surface area contributed by atoms with Crippen LogP contribution in [-0.4, -0.2) is 11.8 Å². The Labute approximate surface area is 151 Å². The largest absolute Gasteiger partial charge is 0.458 e. The molecular formula is C22H30O3. The van der Waals surface area contributed by atoms with Crippen molar-refractivity contribution in [3.05, 3.63) is 34.9 Å². The maximum atomic E-state index is 12.6. The molecule has 3 rings (SSSR count). The number of carbonyl (C=O) groups is 2. The molecule has 1 aromatic carbocycles. The average Bonchev–Trinajstić information content (AvgIpc) is 2.53. The fourth-order valence-corrected chi connectivity index (χ4v) is 5.12. The first-order valence-electron chi connectivity index (χ1n) is 9.42. The van der Waals surface area contributed by atoms with Gasteiger partial charge in [0.25, 0.3) is 0 Å². The summed E-state index contributed by atoms with van der Waals surface area (Å²) in [7, 11) is 0. The first kappa shape index (κ1) is 18.2. The highest BCUT2D eigenvalue weighted by molar-refractivity contribution is 5.86. The van der Waals surface area contributed by atoms with E-state index in [2.05, 4.69) is 52.8 Å². The molecule has 25 heavy (non-hydrogen) atoms. The van der Waals surface area contributed by atoms with Crippen LogP contribution in [0.5, 0.6) is 0 Å². The minimum Gasteiger partial charge on any atom is -0.458 e. The Morgan fingerprint density at radius 2 is 1.92 bits per heavy atom. The van der Waals surface area contributed by atoms with Crippen LogP contribution in [0.3, 0.4) is 0 Å². The van der Waals surface area contributed by atoms with Crippen molar-refractivity contribution in [2.75, 3.05) is 0 Å². The molecule has 1 saturated carbocycles. The van der Waals surface area contributed by atoms with Crippen molar-refractivity contribution in [1.29, 1.82) is 0 Å². The number of fused-ring (bicyclic) bond motifs is 3. The van der Waals surface area contributed by atoms with Gasteiger partial charge in [0.1, 0.15) is 11.9 Å². The van der Waals surface area contributed by atoms with Crippen LogP contribution in [0.2, 0.25) is 0 Å². The number of hydrogen-bond acceptors (Lipinski definition) is 3. The van der Waals surface area contributed by atoms with Crippen LogP contribution in [0.15, 0.2) is 18.2 Å². The van der Waals surface area contributed by atoms with Crippen molar-refractivity contribution in [3.63, 3.8) is 0 Å². The fraction of sp³-hybridized carbons (Fsp3) is 0.636. The summed E-state index contributed by atoms with van der Waals surface area (Å²) in [5.74, 6) is 0.689. The van der Waals surface area contributed by atoms with Crippen LogP contribution in [0.25, 0.3) is 0 Å². The van der Waals surface area contributed by atoms with Crippen LogP contribution in [0.1, 0.15) is 89.5 Å². The highest BCUT2D eigenvalue weighted by Crippen LogP contribution is 2.58. The third-order valence-electron chi connectivity index (χ3n) is 6.69. The highest BCUT2D eigenvalue weighted by atomic mass is 16.5. The number of hydrogen-bond donors (Lipinski definition) is 0. The third kappa shape index (κ3) is 2.82. The molecule has 0 bridgehead atoms. The summed E-state index contributed by atoms with van der Waals surface area (Å²) in [6, 6.07) is 6.64. The standard InChI is InChI=1S/C22H30O3/c1-13(2)15-7-8-17-16(11-15)18(25-14(3)23)12-19-21(4,5)20(24)9-10-22(17,19)6/h7-8,11,13,18-19H,9-10,12H2,1-6H3/t18-,19+,22-/m0/s1. The summed E-state index contributed by atoms with van der Waals surface area (Å²) in [6.07, 6.45) is 1.97. The Balaban J connectivity index is 2.17. The quantitative estimate of drug-likeness (QED) is 0.704. The lowest BCUT2D eigenvalue weighted by Crippen LogP contribution is -2.53. The van der Waals surface area contributed by atoms with Crippen molar-refractivity contribution < 1.29 is 14.3 Å². The number of ether oxygens (including phenoxy) is 1. The van der Waals surface area contributed by atoms with Gasteiger partial charge in [-0.25, -0.2) is 0 Å². The second kappa shape index (κ2) is 5.96. The summed E-state index contributed by atoms with van der Waals surface area (Å²) in [4.78, 5) is 24.3. The molecule has 0 spiro atoms. The summed E-state index contributed by atoms with van der Waals surface area (Å²) >= 11 is 0. The summed E-state index contributed by atoms with van der Waals surface area (Å²) in [5, 5.41) is 0. The van der Waals surface area contributed by atoms with Crippen LogP contribution in [0.4, 0.5) is 0 Å². The molecule has 0 saturated heterocycles. The fourth-order valence-electron chi connectivity index (χ4n) is 5.12. The van der Waals surface area contributed by atoms with Gasteiger partial charge in [-0.1, -0.05) is 52.8 Å². The van der Waals surface area contributed by atoms with E-state index in [0.29, 0.717) is 18.1 Å². The van der Waals surface area contributed by atoms with Crippen molar-refractivity contribution in [2.45, 2.75) is 78.2 Å². The lowest BCUT2D eigenvalue weighted by atomic mass is 9.49. The van der Waals surface area contributed by atoms with Gasteiger partial charge in [0.15, 0.2) is 0 Å². The topological polar surface area (TPSA) is 43.4 Å². The zero-order valence-electron chi connectivity index (χ0n) is 16.3. The predicted molar refractivity (Wildman–Crippen MR) is 98.5 cm³/mol. The number of ketones is 1. The molecule has 0 heterocycles. The Kier molecular flexibility index (Phi) is 4.33. The molecule has 3 heteroatoms. The Bertz CT molecular complexity index is 716. The normalized spacial score (nSPS) is 30.6. The van der Waals surface area contributed by atoms with Crippen LogP contribution < -0.4 is 0 Å². The molecule has 3 atom stereocenters. The first-order valence-corrected chi connectivity index (χ1v) is 9.42. The number of esters is 1. The minimum atomic E-state index is -0.389. The molecule has 1 fully saturated rings. The molecule has 0 amide bonds. The molecule has 0 unspecified atom stereocenters. The van der Waals surface area contributed by atoms with Crippen molar-refractivity contribution in [2.24, 2.45) is 11.3 Å². The highest BCUT2D eigenvalue weighted by Gasteiger charge is 2.55. The van der Waals surface area contributed by atoms with E-state index in [4.69, 9.17) is 4.74 Å². The lowest BCUT2D eigenvalue weighted by molar-refractivity contribution is -0.152. The number of rotatable bonds is 2. The van der Waals surface area contributed by atoms with Gasteiger partial charge in [-0.15, -0.1) is 0 Å². The number of carbonyl (C=O) groups excluding carboxylic acids is 2. The van der Waals surface area contributed by atoms with Gasteiger partial charge in [0.05, 0.1) is 0 Å². The molecule has 0 N–H and O–H groups in total. The van der Waals surface area contributed by atoms with Crippen molar-refractivity contribution in [1.82, 2.24) is 0 Å². The van der Waals surface area contributed by atoms with E-state index in [1.807, 2.05) is 0 Å². The molecule has 0 radical (unpaired) electrons. The van der Waals surface area contributed by atoms with Gasteiger partial charge in [-0.2, -0.15) is 0 Å². The molecule has 2 aliphatic rings. The molecule has 136 valence electrons. The van der Waals surface area contributed by atoms with Gasteiger partial charge in [0, 0.05) is 18.8 Å². The third-order valence-corrected chi connectivity index (χ3v) is 6.69. The average molecular weight is 342 g/mol. The van der Waals surface area contributed by atoms with E-state index in [1.54, 1.807) is 0 Å². The van der Waals surface area contributed by atoms with Crippen LogP contribution in [0, 0.1) is 11.3 Å². The minimum absolute atomic E-state index is 0.0428. The van der Waals surface area contributed by atoms with E-state index >= 15 is 0 Å². The van der Waals surface area contributed by atoms with Crippen LogP contribution in [-0.2, 0) is 19.7 Å². The van der Waals surface area contributed by atoms with Crippen molar-refractivity contribution in [3.8, 4) is 0 Å². The van der Waals surface area contributed by atoms with E-state index in [-0.39, 0.29) is 28.8 Å². The van der Waals surface area contributed by atoms with Gasteiger partial charge in [0.2, 0.25) is 0 Å². The Morgan fingerprint density at radius 1 is 1.24 bits per heavy atom. The lowest BCUT2D eigenvalue weighted by Gasteiger charge is -2.54. The first-order chi connectivity index (χ1) is 11.6. The molecule has 3 nitrogen and oxygen atoms in total. The zero-order valence-corrected chi connectivity index (χ0v) is 16.3. The van der Waals surface area contributed by atoms with E-state index in [1.165, 1.54) is 18.1 Å². The SMILES string of the molecule is CC(=O)O[C@H]1C[C@@H]2C(C)(C)C(=O)CC[C@@]2(C)c2ccc(C(C)C)cc21. The smallest absolute Gasteiger partial charge is 0.303 e.